The second kappa shape index (κ2) is 13.9. The Kier molecular flexibility index (Phi) is 9.28. The predicted octanol–water partition coefficient (Wildman–Crippen LogP) is 0.687. The van der Waals surface area contributed by atoms with Crippen molar-refractivity contribution in [2.75, 3.05) is 26.2 Å². The smallest absolute Gasteiger partial charge is 0.248 e. The van der Waals surface area contributed by atoms with Crippen LogP contribution < -0.4 is 10.6 Å². The van der Waals surface area contributed by atoms with Crippen LogP contribution in [0.2, 0.25) is 0 Å². The maximum absolute atomic E-state index is 14.1. The number of fused-ring (bicyclic) bond motifs is 4. The molecule has 0 aliphatic carbocycles. The monoisotopic (exact) mass is 631 g/mol. The lowest BCUT2D eigenvalue weighted by Crippen LogP contribution is -2.64. The maximum Gasteiger partial charge on any atom is 0.248 e. The first kappa shape index (κ1) is 30.8. The number of hydrogen-bond donors (Lipinski definition) is 3. The zero-order valence-electron chi connectivity index (χ0n) is 25.0. The summed E-state index contributed by atoms with van der Waals surface area (Å²) in [6, 6.07) is 11.6. The molecule has 0 radical (unpaired) electrons. The lowest BCUT2D eigenvalue weighted by atomic mass is 10.0. The number of carbonyl (C=O) groups is 4. The van der Waals surface area contributed by atoms with Crippen molar-refractivity contribution in [1.29, 1.82) is 0 Å². The molecule has 2 aliphatic heterocycles. The molecule has 2 aromatic carbocycles. The number of halogens is 1. The van der Waals surface area contributed by atoms with E-state index in [4.69, 9.17) is 4.74 Å². The number of aryl methyl sites for hydroxylation is 1. The summed E-state index contributed by atoms with van der Waals surface area (Å²) in [4.78, 5) is 64.1. The van der Waals surface area contributed by atoms with E-state index in [9.17, 15) is 23.6 Å². The molecule has 46 heavy (non-hydrogen) atoms. The SMILES string of the molecule is O=C1CCCn2cc(nn2)CNC(=O)[C@H]2CN(C(=O)COCc3nc4ccc(F)cc4[nH]3)CCN2C(=O)[C@H](Cc2ccccc2)N1. The number of amides is 4. The van der Waals surface area contributed by atoms with E-state index in [-0.39, 0.29) is 64.0 Å². The van der Waals surface area contributed by atoms with Gasteiger partial charge in [0.15, 0.2) is 0 Å². The fourth-order valence-electron chi connectivity index (χ4n) is 5.67. The van der Waals surface area contributed by atoms with Gasteiger partial charge >= 0.3 is 0 Å². The molecule has 2 atom stereocenters. The minimum Gasteiger partial charge on any atom is -0.364 e. The second-order valence-corrected chi connectivity index (χ2v) is 11.3. The Hall–Kier alpha value is -5.18. The largest absolute Gasteiger partial charge is 0.364 e. The van der Waals surface area contributed by atoms with Crippen LogP contribution in [0, 0.1) is 5.82 Å². The van der Waals surface area contributed by atoms with Crippen LogP contribution in [0.1, 0.15) is 29.9 Å². The van der Waals surface area contributed by atoms with Crippen molar-refractivity contribution >= 4 is 34.7 Å². The number of carbonyl (C=O) groups excluding carboxylic acids is 4. The molecule has 2 aromatic heterocycles. The highest BCUT2D eigenvalue weighted by Gasteiger charge is 2.39. The molecule has 14 nitrogen and oxygen atoms in total. The summed E-state index contributed by atoms with van der Waals surface area (Å²) in [6.07, 6.45) is 2.62. The molecule has 0 spiro atoms. The summed E-state index contributed by atoms with van der Waals surface area (Å²) in [5.41, 5.74) is 2.48. The number of hydrogen-bond acceptors (Lipinski definition) is 8. The number of H-pyrrole nitrogens is 1. The zero-order valence-corrected chi connectivity index (χ0v) is 25.0. The van der Waals surface area contributed by atoms with Crippen LogP contribution in [0.15, 0.2) is 54.7 Å². The molecule has 1 saturated heterocycles. The highest BCUT2D eigenvalue weighted by atomic mass is 19.1. The third kappa shape index (κ3) is 7.37. The molecule has 1 fully saturated rings. The number of nitrogens with one attached hydrogen (secondary N) is 3. The van der Waals surface area contributed by atoms with Crippen LogP contribution in [-0.4, -0.2) is 96.7 Å². The molecule has 3 N–H and O–H groups in total. The van der Waals surface area contributed by atoms with E-state index in [1.54, 1.807) is 16.9 Å². The van der Waals surface area contributed by atoms with E-state index in [1.807, 2.05) is 30.3 Å². The number of nitrogens with zero attached hydrogens (tertiary/aromatic N) is 6. The fourth-order valence-corrected chi connectivity index (χ4v) is 5.67. The summed E-state index contributed by atoms with van der Waals surface area (Å²) in [5, 5.41) is 13.9. The summed E-state index contributed by atoms with van der Waals surface area (Å²) in [5.74, 6) is -1.47. The van der Waals surface area contributed by atoms with Gasteiger partial charge in [0.25, 0.3) is 0 Å². The Labute approximate surface area is 263 Å². The number of piperazine rings is 1. The summed E-state index contributed by atoms with van der Waals surface area (Å²) < 4.78 is 20.7. The molecule has 4 amide bonds. The first-order valence-electron chi connectivity index (χ1n) is 15.1. The number of aromatic nitrogens is 5. The fraction of sp³-hybridized carbons (Fsp3) is 0.387. The molecule has 0 unspecified atom stereocenters. The highest BCUT2D eigenvalue weighted by molar-refractivity contribution is 5.93. The quantitative estimate of drug-likeness (QED) is 0.279. The minimum atomic E-state index is -1.02. The summed E-state index contributed by atoms with van der Waals surface area (Å²) >= 11 is 0. The van der Waals surface area contributed by atoms with Crippen LogP contribution in [0.4, 0.5) is 4.39 Å². The highest BCUT2D eigenvalue weighted by Crippen LogP contribution is 2.17. The van der Waals surface area contributed by atoms with Crippen LogP contribution in [-0.2, 0) is 50.0 Å². The molecule has 4 aromatic rings. The Morgan fingerprint density at radius 3 is 2.76 bits per heavy atom. The molecule has 15 heteroatoms. The van der Waals surface area contributed by atoms with Crippen molar-refractivity contribution in [2.45, 2.75) is 51.0 Å². The molecule has 0 saturated carbocycles. The summed E-state index contributed by atoms with van der Waals surface area (Å²) in [6.45, 7) is 0.420. The first-order chi connectivity index (χ1) is 22.3. The van der Waals surface area contributed by atoms with Gasteiger partial charge in [-0.1, -0.05) is 35.5 Å². The summed E-state index contributed by atoms with van der Waals surface area (Å²) in [7, 11) is 0. The van der Waals surface area contributed by atoms with Gasteiger partial charge < -0.3 is 30.2 Å². The zero-order chi connectivity index (χ0) is 32.0. The average molecular weight is 632 g/mol. The van der Waals surface area contributed by atoms with Gasteiger partial charge in [-0.15, -0.1) is 5.10 Å². The van der Waals surface area contributed by atoms with Gasteiger partial charge in [0.2, 0.25) is 23.6 Å². The van der Waals surface area contributed by atoms with Crippen molar-refractivity contribution in [1.82, 2.24) is 45.4 Å². The van der Waals surface area contributed by atoms with Gasteiger partial charge in [0.05, 0.1) is 30.3 Å². The van der Waals surface area contributed by atoms with E-state index in [1.165, 1.54) is 21.9 Å². The molecular weight excluding hydrogens is 597 g/mol. The van der Waals surface area contributed by atoms with E-state index in [0.717, 1.165) is 5.56 Å². The van der Waals surface area contributed by atoms with E-state index in [2.05, 4.69) is 30.9 Å². The molecule has 240 valence electrons. The molecule has 6 rings (SSSR count). The Morgan fingerprint density at radius 1 is 1.07 bits per heavy atom. The van der Waals surface area contributed by atoms with Crippen LogP contribution >= 0.6 is 0 Å². The van der Waals surface area contributed by atoms with E-state index >= 15 is 0 Å². The van der Waals surface area contributed by atoms with Crippen molar-refractivity contribution in [3.8, 4) is 0 Å². The number of imidazole rings is 1. The van der Waals surface area contributed by atoms with Crippen molar-refractivity contribution in [3.05, 3.63) is 77.6 Å². The van der Waals surface area contributed by atoms with Gasteiger partial charge in [-0.2, -0.15) is 0 Å². The van der Waals surface area contributed by atoms with Crippen LogP contribution in [0.5, 0.6) is 0 Å². The third-order valence-corrected chi connectivity index (χ3v) is 8.01. The normalized spacial score (nSPS) is 19.6. The van der Waals surface area contributed by atoms with Gasteiger partial charge in [0, 0.05) is 32.5 Å². The van der Waals surface area contributed by atoms with Crippen LogP contribution in [0.25, 0.3) is 11.0 Å². The molecule has 2 aliphatic rings. The topological polar surface area (TPSA) is 167 Å². The van der Waals surface area contributed by atoms with E-state index < -0.39 is 29.7 Å². The van der Waals surface area contributed by atoms with Gasteiger partial charge in [-0.05, 0) is 30.2 Å². The molecular formula is C31H34FN9O5. The first-order valence-corrected chi connectivity index (χ1v) is 15.1. The molecule has 4 heterocycles. The second-order valence-electron chi connectivity index (χ2n) is 11.3. The van der Waals surface area contributed by atoms with Crippen molar-refractivity contribution in [2.24, 2.45) is 0 Å². The predicted molar refractivity (Wildman–Crippen MR) is 161 cm³/mol. The van der Waals surface area contributed by atoms with Gasteiger partial charge in [-0.3, -0.25) is 23.9 Å². The number of aromatic amines is 1. The third-order valence-electron chi connectivity index (χ3n) is 8.01. The lowest BCUT2D eigenvalue weighted by molar-refractivity contribution is -0.151. The number of benzene rings is 2. The minimum absolute atomic E-state index is 0.00798. The van der Waals surface area contributed by atoms with Crippen molar-refractivity contribution < 1.29 is 28.3 Å². The lowest BCUT2D eigenvalue weighted by Gasteiger charge is -2.41. The number of rotatable bonds is 6. The van der Waals surface area contributed by atoms with Crippen LogP contribution in [0.3, 0.4) is 0 Å². The van der Waals surface area contributed by atoms with Crippen molar-refractivity contribution in [3.63, 3.8) is 0 Å². The maximum atomic E-state index is 14.1. The number of ether oxygens (including phenoxy) is 1. The molecule has 2 bridgehead atoms. The average Bonchev–Trinajstić information content (AvgIpc) is 3.68. The Balaban J connectivity index is 1.17. The Morgan fingerprint density at radius 2 is 1.91 bits per heavy atom. The van der Waals surface area contributed by atoms with E-state index in [0.29, 0.717) is 35.5 Å². The standard InChI is InChI=1S/C31H34FN9O5/c32-21-8-9-23-24(14-21)35-27(34-23)18-46-19-29(43)39-11-12-41-26(17-39)30(44)33-15-22-16-40(38-37-22)10-4-7-28(42)36-25(31(41)45)13-20-5-2-1-3-6-20/h1-3,5-6,8-9,14,16,25-26H,4,7,10-13,15,17-19H2,(H,33,44)(H,34,35)(H,36,42)/t25-,26+/m0/s1. The van der Waals surface area contributed by atoms with Gasteiger partial charge in [-0.25, -0.2) is 9.37 Å². The van der Waals surface area contributed by atoms with Gasteiger partial charge in [0.1, 0.15) is 42.6 Å². The Bertz CT molecular complexity index is 1730.